The number of carbonyl (C=O) groups excluding carboxylic acids is 2. The monoisotopic (exact) mass is 377 g/mol. The Labute approximate surface area is 154 Å². The Hall–Kier alpha value is -3.03. The highest BCUT2D eigenvalue weighted by atomic mass is 19.2. The number of halogens is 3. The number of nitrogens with zero attached hydrogens (tertiary/aromatic N) is 2. The van der Waals surface area contributed by atoms with Gasteiger partial charge >= 0.3 is 11.8 Å². The molecular weight excluding hydrogens is 359 g/mol. The second-order valence-corrected chi connectivity index (χ2v) is 6.30. The van der Waals surface area contributed by atoms with Crippen molar-refractivity contribution in [3.05, 3.63) is 59.4 Å². The van der Waals surface area contributed by atoms with Crippen molar-refractivity contribution in [3.8, 4) is 0 Å². The van der Waals surface area contributed by atoms with E-state index in [0.717, 1.165) is 17.3 Å². The predicted molar refractivity (Wildman–Crippen MR) is 94.9 cm³/mol. The fourth-order valence-electron chi connectivity index (χ4n) is 2.93. The molecule has 0 spiro atoms. The van der Waals surface area contributed by atoms with Gasteiger partial charge in [0.2, 0.25) is 0 Å². The van der Waals surface area contributed by atoms with Gasteiger partial charge in [-0.3, -0.25) is 9.59 Å². The van der Waals surface area contributed by atoms with Crippen LogP contribution in [0.4, 0.5) is 24.5 Å². The van der Waals surface area contributed by atoms with Crippen molar-refractivity contribution in [1.82, 2.24) is 4.90 Å². The summed E-state index contributed by atoms with van der Waals surface area (Å²) in [6.07, 6.45) is 0. The van der Waals surface area contributed by atoms with Gasteiger partial charge < -0.3 is 15.1 Å². The van der Waals surface area contributed by atoms with Crippen LogP contribution in [-0.2, 0) is 9.59 Å². The van der Waals surface area contributed by atoms with Gasteiger partial charge in [-0.1, -0.05) is 12.1 Å². The van der Waals surface area contributed by atoms with Gasteiger partial charge in [-0.15, -0.1) is 0 Å². The molecular formula is C19H18F3N3O2. The van der Waals surface area contributed by atoms with E-state index in [0.29, 0.717) is 32.2 Å². The number of benzene rings is 2. The number of amides is 2. The molecule has 27 heavy (non-hydrogen) atoms. The summed E-state index contributed by atoms with van der Waals surface area (Å²) in [5.74, 6) is -6.55. The fraction of sp³-hybridized carbons (Fsp3) is 0.263. The molecule has 0 unspecified atom stereocenters. The normalized spacial score (nSPS) is 14.2. The first-order chi connectivity index (χ1) is 12.9. The zero-order chi connectivity index (χ0) is 19.6. The van der Waals surface area contributed by atoms with E-state index in [1.807, 2.05) is 36.5 Å². The summed E-state index contributed by atoms with van der Waals surface area (Å²) in [4.78, 5) is 27.8. The summed E-state index contributed by atoms with van der Waals surface area (Å²) in [6.45, 7) is 3.72. The summed E-state index contributed by atoms with van der Waals surface area (Å²) < 4.78 is 39.8. The minimum atomic E-state index is -1.70. The molecule has 1 aliphatic rings. The van der Waals surface area contributed by atoms with Gasteiger partial charge in [0.15, 0.2) is 17.5 Å². The van der Waals surface area contributed by atoms with E-state index < -0.39 is 35.0 Å². The van der Waals surface area contributed by atoms with E-state index >= 15 is 0 Å². The van der Waals surface area contributed by atoms with Crippen LogP contribution < -0.4 is 10.2 Å². The van der Waals surface area contributed by atoms with Gasteiger partial charge in [0.05, 0.1) is 5.69 Å². The van der Waals surface area contributed by atoms with Crippen molar-refractivity contribution in [3.63, 3.8) is 0 Å². The molecule has 0 bridgehead atoms. The van der Waals surface area contributed by atoms with Gasteiger partial charge in [0.25, 0.3) is 0 Å². The Kier molecular flexibility index (Phi) is 5.34. The zero-order valence-electron chi connectivity index (χ0n) is 14.6. The molecule has 142 valence electrons. The first-order valence-corrected chi connectivity index (χ1v) is 8.42. The molecule has 1 N–H and O–H groups in total. The highest BCUT2D eigenvalue weighted by molar-refractivity contribution is 6.39. The number of hydrogen-bond donors (Lipinski definition) is 1. The quantitative estimate of drug-likeness (QED) is 0.647. The Morgan fingerprint density at radius 3 is 2.33 bits per heavy atom. The van der Waals surface area contributed by atoms with Crippen LogP contribution in [0.15, 0.2) is 36.4 Å². The maximum atomic E-state index is 13.6. The van der Waals surface area contributed by atoms with Crippen LogP contribution in [0.5, 0.6) is 0 Å². The molecule has 0 radical (unpaired) electrons. The van der Waals surface area contributed by atoms with Crippen LogP contribution in [-0.4, -0.2) is 42.9 Å². The van der Waals surface area contributed by atoms with Crippen LogP contribution in [0.3, 0.4) is 0 Å². The van der Waals surface area contributed by atoms with Gasteiger partial charge in [0, 0.05) is 31.9 Å². The van der Waals surface area contributed by atoms with E-state index in [2.05, 4.69) is 4.90 Å². The van der Waals surface area contributed by atoms with Crippen molar-refractivity contribution >= 4 is 23.2 Å². The molecule has 0 saturated carbocycles. The third-order valence-electron chi connectivity index (χ3n) is 4.41. The molecule has 2 aromatic rings. The first-order valence-electron chi connectivity index (χ1n) is 8.42. The molecule has 1 fully saturated rings. The Balaban J connectivity index is 1.60. The summed E-state index contributed by atoms with van der Waals surface area (Å²) in [6, 6.07) is 9.50. The van der Waals surface area contributed by atoms with Gasteiger partial charge in [-0.05, 0) is 36.8 Å². The number of nitrogens with one attached hydrogen (secondary N) is 1. The lowest BCUT2D eigenvalue weighted by Gasteiger charge is -2.35. The molecule has 2 aromatic carbocycles. The van der Waals surface area contributed by atoms with Crippen molar-refractivity contribution < 1.29 is 22.8 Å². The van der Waals surface area contributed by atoms with Gasteiger partial charge in [-0.25, -0.2) is 13.2 Å². The fourth-order valence-corrected chi connectivity index (χ4v) is 2.93. The molecule has 8 heteroatoms. The lowest BCUT2D eigenvalue weighted by atomic mass is 10.2. The molecule has 0 aromatic heterocycles. The zero-order valence-corrected chi connectivity index (χ0v) is 14.6. The van der Waals surface area contributed by atoms with Crippen molar-refractivity contribution in [2.75, 3.05) is 36.4 Å². The lowest BCUT2D eigenvalue weighted by Crippen LogP contribution is -2.51. The van der Waals surface area contributed by atoms with E-state index in [-0.39, 0.29) is 0 Å². The van der Waals surface area contributed by atoms with Crippen LogP contribution in [0.25, 0.3) is 0 Å². The summed E-state index contributed by atoms with van der Waals surface area (Å²) in [5, 5.41) is 2.00. The highest BCUT2D eigenvalue weighted by Crippen LogP contribution is 2.20. The van der Waals surface area contributed by atoms with Crippen molar-refractivity contribution in [2.24, 2.45) is 0 Å². The highest BCUT2D eigenvalue weighted by Gasteiger charge is 2.27. The summed E-state index contributed by atoms with van der Waals surface area (Å²) in [5.41, 5.74) is 1.58. The summed E-state index contributed by atoms with van der Waals surface area (Å²) in [7, 11) is 0. The molecule has 2 amide bonds. The van der Waals surface area contributed by atoms with Gasteiger partial charge in [-0.2, -0.15) is 0 Å². The van der Waals surface area contributed by atoms with Crippen LogP contribution in [0.2, 0.25) is 0 Å². The maximum absolute atomic E-state index is 13.6. The topological polar surface area (TPSA) is 52.7 Å². The van der Waals surface area contributed by atoms with E-state index in [9.17, 15) is 22.8 Å². The first kappa shape index (κ1) is 18.8. The second-order valence-electron chi connectivity index (χ2n) is 6.30. The van der Waals surface area contributed by atoms with Crippen LogP contribution in [0.1, 0.15) is 5.56 Å². The summed E-state index contributed by atoms with van der Waals surface area (Å²) >= 11 is 0. The predicted octanol–water partition coefficient (Wildman–Crippen LogP) is 2.70. The average Bonchev–Trinajstić information content (AvgIpc) is 2.68. The average molecular weight is 377 g/mol. The third kappa shape index (κ3) is 4.05. The number of hydrogen-bond acceptors (Lipinski definition) is 3. The molecule has 0 atom stereocenters. The van der Waals surface area contributed by atoms with E-state index in [1.54, 1.807) is 0 Å². The molecule has 0 aliphatic carbocycles. The number of aryl methyl sites for hydroxylation is 1. The van der Waals surface area contributed by atoms with Gasteiger partial charge in [0.1, 0.15) is 0 Å². The smallest absolute Gasteiger partial charge is 0.313 e. The minimum absolute atomic E-state index is 0.320. The Morgan fingerprint density at radius 2 is 1.67 bits per heavy atom. The number of rotatable bonds is 2. The molecule has 1 saturated heterocycles. The standard InChI is InChI=1S/C19H18F3N3O2/c1-12-3-2-4-13(11-12)24-7-9-25(10-8-24)19(27)18(26)23-15-6-5-14(20)16(21)17(15)22/h2-6,11H,7-10H2,1H3,(H,23,26). The van der Waals surface area contributed by atoms with E-state index in [1.165, 1.54) is 4.90 Å². The number of anilines is 2. The van der Waals surface area contributed by atoms with Crippen molar-refractivity contribution in [2.45, 2.75) is 6.92 Å². The molecule has 3 rings (SSSR count). The SMILES string of the molecule is Cc1cccc(N2CCN(C(=O)C(=O)Nc3ccc(F)c(F)c3F)CC2)c1. The number of piperazine rings is 1. The molecule has 5 nitrogen and oxygen atoms in total. The van der Waals surface area contributed by atoms with Crippen LogP contribution >= 0.6 is 0 Å². The lowest BCUT2D eigenvalue weighted by molar-refractivity contribution is -0.143. The second kappa shape index (κ2) is 7.69. The Bertz CT molecular complexity index is 880. The largest absolute Gasteiger partial charge is 0.368 e. The molecule has 1 aliphatic heterocycles. The van der Waals surface area contributed by atoms with Crippen molar-refractivity contribution in [1.29, 1.82) is 0 Å². The maximum Gasteiger partial charge on any atom is 0.313 e. The third-order valence-corrected chi connectivity index (χ3v) is 4.41. The minimum Gasteiger partial charge on any atom is -0.368 e. The van der Waals surface area contributed by atoms with Crippen LogP contribution in [0, 0.1) is 24.4 Å². The van der Waals surface area contributed by atoms with E-state index in [4.69, 9.17) is 0 Å². The molecule has 1 heterocycles. The Morgan fingerprint density at radius 1 is 0.963 bits per heavy atom. The number of carbonyl (C=O) groups is 2.